The number of aryl methyl sites for hydroxylation is 3. The van der Waals surface area contributed by atoms with E-state index in [1.807, 2.05) is 38.3 Å². The number of nitrogen functional groups attached to an aromatic ring is 1. The van der Waals surface area contributed by atoms with Gasteiger partial charge in [0.2, 0.25) is 0 Å². The minimum atomic E-state index is 0.518. The number of anilines is 1. The zero-order valence-electron chi connectivity index (χ0n) is 10.3. The molecule has 2 N–H and O–H groups in total. The highest BCUT2D eigenvalue weighted by atomic mass is 32.1. The Kier molecular flexibility index (Phi) is 3.33. The van der Waals surface area contributed by atoms with Crippen molar-refractivity contribution in [3.8, 4) is 5.75 Å². The van der Waals surface area contributed by atoms with E-state index in [2.05, 4.69) is 4.98 Å². The summed E-state index contributed by atoms with van der Waals surface area (Å²) < 4.78 is 5.81. The predicted octanol–water partition coefficient (Wildman–Crippen LogP) is 3.23. The number of aromatic nitrogens is 1. The van der Waals surface area contributed by atoms with Crippen LogP contribution in [0.5, 0.6) is 5.75 Å². The average Bonchev–Trinajstić information content (AvgIpc) is 2.62. The molecule has 0 amide bonds. The summed E-state index contributed by atoms with van der Waals surface area (Å²) in [5.41, 5.74) is 9.72. The van der Waals surface area contributed by atoms with Crippen molar-refractivity contribution in [3.05, 3.63) is 39.3 Å². The summed E-state index contributed by atoms with van der Waals surface area (Å²) in [6, 6.07) is 3.85. The lowest BCUT2D eigenvalue weighted by Crippen LogP contribution is -2.00. The van der Waals surface area contributed by atoms with E-state index in [4.69, 9.17) is 10.5 Å². The molecule has 1 aromatic heterocycles. The fourth-order valence-electron chi connectivity index (χ4n) is 1.81. The van der Waals surface area contributed by atoms with E-state index in [0.29, 0.717) is 6.61 Å². The Balaban J connectivity index is 2.14. The molecule has 90 valence electrons. The molecule has 0 aliphatic heterocycles. The van der Waals surface area contributed by atoms with Gasteiger partial charge in [-0.25, -0.2) is 4.98 Å². The first-order chi connectivity index (χ1) is 8.06. The van der Waals surface area contributed by atoms with E-state index >= 15 is 0 Å². The van der Waals surface area contributed by atoms with Gasteiger partial charge >= 0.3 is 0 Å². The second kappa shape index (κ2) is 4.75. The van der Waals surface area contributed by atoms with Crippen LogP contribution >= 0.6 is 11.3 Å². The third kappa shape index (κ3) is 2.77. The van der Waals surface area contributed by atoms with Crippen LogP contribution in [0.3, 0.4) is 0 Å². The Bertz CT molecular complexity index is 511. The number of thiazole rings is 1. The van der Waals surface area contributed by atoms with Gasteiger partial charge in [0.1, 0.15) is 17.4 Å². The van der Waals surface area contributed by atoms with Crippen LogP contribution in [0.2, 0.25) is 0 Å². The van der Waals surface area contributed by atoms with Crippen LogP contribution in [0.4, 0.5) is 5.69 Å². The van der Waals surface area contributed by atoms with Gasteiger partial charge in [-0.3, -0.25) is 0 Å². The Hall–Kier alpha value is -1.55. The normalized spacial score (nSPS) is 10.5. The van der Waals surface area contributed by atoms with E-state index in [1.54, 1.807) is 11.3 Å². The first-order valence-corrected chi connectivity index (χ1v) is 6.35. The fraction of sp³-hybridized carbons (Fsp3) is 0.308. The summed E-state index contributed by atoms with van der Waals surface area (Å²) in [5, 5.41) is 3.03. The number of nitrogens with zero attached hydrogens (tertiary/aromatic N) is 1. The number of hydrogen-bond donors (Lipinski definition) is 1. The van der Waals surface area contributed by atoms with Crippen molar-refractivity contribution in [3.63, 3.8) is 0 Å². The van der Waals surface area contributed by atoms with Gasteiger partial charge in [0.25, 0.3) is 0 Å². The molecule has 0 bridgehead atoms. The highest BCUT2D eigenvalue weighted by Crippen LogP contribution is 2.26. The van der Waals surface area contributed by atoms with Crippen LogP contribution in [-0.4, -0.2) is 4.98 Å². The molecule has 0 aliphatic carbocycles. The van der Waals surface area contributed by atoms with Gasteiger partial charge in [0.15, 0.2) is 0 Å². The number of ether oxygens (including phenoxy) is 1. The minimum Gasteiger partial charge on any atom is -0.486 e. The third-order valence-corrected chi connectivity index (χ3v) is 3.43. The summed E-state index contributed by atoms with van der Waals surface area (Å²) in [7, 11) is 0. The van der Waals surface area contributed by atoms with Crippen LogP contribution in [-0.2, 0) is 6.61 Å². The van der Waals surface area contributed by atoms with Crippen molar-refractivity contribution >= 4 is 17.0 Å². The molecule has 0 unspecified atom stereocenters. The molecular formula is C13H16N2OS. The van der Waals surface area contributed by atoms with E-state index in [0.717, 1.165) is 33.3 Å². The van der Waals surface area contributed by atoms with E-state index < -0.39 is 0 Å². The van der Waals surface area contributed by atoms with Crippen LogP contribution in [0, 0.1) is 20.8 Å². The summed E-state index contributed by atoms with van der Waals surface area (Å²) >= 11 is 1.62. The topological polar surface area (TPSA) is 48.1 Å². The molecule has 0 aliphatic rings. The maximum absolute atomic E-state index is 5.81. The van der Waals surface area contributed by atoms with E-state index in [1.165, 1.54) is 0 Å². The SMILES string of the molecule is Cc1csc(COc2c(C)cc(N)cc2C)n1. The van der Waals surface area contributed by atoms with Gasteiger partial charge in [0.05, 0.1) is 0 Å². The molecule has 2 aromatic rings. The largest absolute Gasteiger partial charge is 0.486 e. The minimum absolute atomic E-state index is 0.518. The lowest BCUT2D eigenvalue weighted by Gasteiger charge is -2.11. The number of hydrogen-bond acceptors (Lipinski definition) is 4. The van der Waals surface area contributed by atoms with Crippen molar-refractivity contribution in [1.29, 1.82) is 0 Å². The smallest absolute Gasteiger partial charge is 0.140 e. The van der Waals surface area contributed by atoms with Gasteiger partial charge in [-0.1, -0.05) is 0 Å². The lowest BCUT2D eigenvalue weighted by atomic mass is 10.1. The lowest BCUT2D eigenvalue weighted by molar-refractivity contribution is 0.301. The summed E-state index contributed by atoms with van der Waals surface area (Å²) in [6.45, 7) is 6.52. The zero-order valence-corrected chi connectivity index (χ0v) is 11.1. The molecule has 4 heteroatoms. The zero-order chi connectivity index (χ0) is 12.4. The molecule has 0 saturated heterocycles. The van der Waals surface area contributed by atoms with Crippen LogP contribution in [0.1, 0.15) is 21.8 Å². The van der Waals surface area contributed by atoms with Crippen LogP contribution in [0.15, 0.2) is 17.5 Å². The van der Waals surface area contributed by atoms with E-state index in [9.17, 15) is 0 Å². The van der Waals surface area contributed by atoms with Crippen LogP contribution in [0.25, 0.3) is 0 Å². The van der Waals surface area contributed by atoms with Gasteiger partial charge in [-0.2, -0.15) is 0 Å². The molecule has 1 aromatic carbocycles. The van der Waals surface area contributed by atoms with Gasteiger partial charge < -0.3 is 10.5 Å². The summed E-state index contributed by atoms with van der Waals surface area (Å²) in [4.78, 5) is 4.37. The van der Waals surface area contributed by atoms with Crippen molar-refractivity contribution < 1.29 is 4.74 Å². The maximum atomic E-state index is 5.81. The average molecular weight is 248 g/mol. The Morgan fingerprint density at radius 2 is 1.88 bits per heavy atom. The quantitative estimate of drug-likeness (QED) is 0.848. The predicted molar refractivity (Wildman–Crippen MR) is 71.5 cm³/mol. The van der Waals surface area contributed by atoms with Crippen molar-refractivity contribution in [2.45, 2.75) is 27.4 Å². The van der Waals surface area contributed by atoms with Gasteiger partial charge in [0, 0.05) is 16.8 Å². The first-order valence-electron chi connectivity index (χ1n) is 5.47. The molecule has 2 rings (SSSR count). The standard InChI is InChI=1S/C13H16N2OS/c1-8-4-11(14)5-9(2)13(8)16-6-12-15-10(3)7-17-12/h4-5,7H,6,14H2,1-3H3. The Labute approximate surface area is 105 Å². The second-order valence-electron chi connectivity index (χ2n) is 4.16. The summed E-state index contributed by atoms with van der Waals surface area (Å²) in [6.07, 6.45) is 0. The number of rotatable bonds is 3. The Morgan fingerprint density at radius 3 is 2.41 bits per heavy atom. The molecule has 3 nitrogen and oxygen atoms in total. The maximum Gasteiger partial charge on any atom is 0.140 e. The number of nitrogens with two attached hydrogens (primary N) is 1. The molecule has 0 atom stereocenters. The highest BCUT2D eigenvalue weighted by molar-refractivity contribution is 7.09. The summed E-state index contributed by atoms with van der Waals surface area (Å²) in [5.74, 6) is 0.909. The van der Waals surface area contributed by atoms with Crippen molar-refractivity contribution in [1.82, 2.24) is 4.98 Å². The monoisotopic (exact) mass is 248 g/mol. The molecule has 1 heterocycles. The van der Waals surface area contributed by atoms with Crippen molar-refractivity contribution in [2.75, 3.05) is 5.73 Å². The van der Waals surface area contributed by atoms with Crippen LogP contribution < -0.4 is 10.5 Å². The van der Waals surface area contributed by atoms with E-state index in [-0.39, 0.29) is 0 Å². The van der Waals surface area contributed by atoms with Crippen molar-refractivity contribution in [2.24, 2.45) is 0 Å². The molecule has 0 spiro atoms. The second-order valence-corrected chi connectivity index (χ2v) is 5.10. The Morgan fingerprint density at radius 1 is 1.24 bits per heavy atom. The molecule has 17 heavy (non-hydrogen) atoms. The molecule has 0 saturated carbocycles. The van der Waals surface area contributed by atoms with Gasteiger partial charge in [-0.05, 0) is 44.0 Å². The fourth-order valence-corrected chi connectivity index (χ4v) is 2.50. The molecule has 0 fully saturated rings. The number of benzene rings is 1. The highest BCUT2D eigenvalue weighted by Gasteiger charge is 2.07. The first kappa shape index (κ1) is 11.9. The van der Waals surface area contributed by atoms with Gasteiger partial charge in [-0.15, -0.1) is 11.3 Å². The third-order valence-electron chi connectivity index (χ3n) is 2.49. The molecular weight excluding hydrogens is 232 g/mol. The molecule has 0 radical (unpaired) electrons.